The van der Waals surface area contributed by atoms with Crippen molar-refractivity contribution in [3.8, 4) is 0 Å². The monoisotopic (exact) mass is 258 g/mol. The summed E-state index contributed by atoms with van der Waals surface area (Å²) in [4.78, 5) is 6.86. The number of nitrogens with one attached hydrogen (secondary N) is 1. The maximum atomic E-state index is 5.30. The van der Waals surface area contributed by atoms with Crippen LogP contribution in [-0.2, 0) is 4.74 Å². The number of pyridine rings is 1. The van der Waals surface area contributed by atoms with Gasteiger partial charge in [0.15, 0.2) is 5.65 Å². The number of aromatic amines is 1. The lowest BCUT2D eigenvalue weighted by Crippen LogP contribution is -2.42. The van der Waals surface area contributed by atoms with E-state index in [0.717, 1.165) is 49.2 Å². The third kappa shape index (κ3) is 1.98. The minimum atomic E-state index is 0.816. The molecule has 2 saturated heterocycles. The lowest BCUT2D eigenvalue weighted by Gasteiger charge is -2.40. The Morgan fingerprint density at radius 2 is 2.00 bits per heavy atom. The molecule has 0 bridgehead atoms. The van der Waals surface area contributed by atoms with Crippen LogP contribution < -0.4 is 4.90 Å². The first-order valence-corrected chi connectivity index (χ1v) is 7.02. The zero-order chi connectivity index (χ0) is 12.7. The van der Waals surface area contributed by atoms with Gasteiger partial charge in [0, 0.05) is 24.4 Å². The van der Waals surface area contributed by atoms with E-state index in [1.807, 2.05) is 12.4 Å². The van der Waals surface area contributed by atoms with Crippen molar-refractivity contribution < 1.29 is 4.74 Å². The molecule has 5 heteroatoms. The van der Waals surface area contributed by atoms with Gasteiger partial charge in [-0.25, -0.2) is 4.98 Å². The minimum Gasteiger partial charge on any atom is -0.381 e. The fraction of sp³-hybridized carbons (Fsp3) is 0.571. The number of hydrogen-bond acceptors (Lipinski definition) is 4. The van der Waals surface area contributed by atoms with Crippen LogP contribution in [0.5, 0.6) is 0 Å². The number of aromatic nitrogens is 3. The zero-order valence-electron chi connectivity index (χ0n) is 10.9. The number of anilines is 1. The fourth-order valence-electron chi connectivity index (χ4n) is 3.15. The molecule has 5 nitrogen and oxygen atoms in total. The van der Waals surface area contributed by atoms with Gasteiger partial charge >= 0.3 is 0 Å². The van der Waals surface area contributed by atoms with Crippen LogP contribution in [0.2, 0.25) is 0 Å². The first kappa shape index (κ1) is 11.2. The third-order valence-electron chi connectivity index (χ3n) is 4.51. The Kier molecular flexibility index (Phi) is 2.65. The Balaban J connectivity index is 1.47. The standard InChI is InChI=1S/C14H18N4O/c1-3-18(4-2-10(1)12-8-19-9-12)13-5-11-6-16-17-14(11)15-7-13/h5-7,10,12H,1-4,8-9H2,(H,15,16,17). The smallest absolute Gasteiger partial charge is 0.155 e. The Morgan fingerprint density at radius 3 is 2.74 bits per heavy atom. The minimum absolute atomic E-state index is 0.816. The van der Waals surface area contributed by atoms with Crippen LogP contribution in [0.4, 0.5) is 5.69 Å². The summed E-state index contributed by atoms with van der Waals surface area (Å²) >= 11 is 0. The first-order valence-electron chi connectivity index (χ1n) is 7.02. The predicted molar refractivity (Wildman–Crippen MR) is 73.1 cm³/mol. The Bertz CT molecular complexity index is 570. The van der Waals surface area contributed by atoms with Crippen molar-refractivity contribution in [1.82, 2.24) is 15.2 Å². The zero-order valence-corrected chi connectivity index (χ0v) is 10.9. The second-order valence-corrected chi connectivity index (χ2v) is 5.62. The van der Waals surface area contributed by atoms with E-state index in [2.05, 4.69) is 26.1 Å². The van der Waals surface area contributed by atoms with Gasteiger partial charge in [-0.05, 0) is 24.8 Å². The highest BCUT2D eigenvalue weighted by Crippen LogP contribution is 2.32. The van der Waals surface area contributed by atoms with Gasteiger partial charge < -0.3 is 9.64 Å². The summed E-state index contributed by atoms with van der Waals surface area (Å²) in [6, 6.07) is 2.18. The molecule has 0 radical (unpaired) electrons. The number of ether oxygens (including phenoxy) is 1. The van der Waals surface area contributed by atoms with Crippen LogP contribution in [0.3, 0.4) is 0 Å². The van der Waals surface area contributed by atoms with Crippen molar-refractivity contribution in [3.05, 3.63) is 18.5 Å². The van der Waals surface area contributed by atoms with Gasteiger partial charge in [-0.2, -0.15) is 5.10 Å². The average molecular weight is 258 g/mol. The molecule has 2 fully saturated rings. The predicted octanol–water partition coefficient (Wildman–Crippen LogP) is 1.82. The molecular weight excluding hydrogens is 240 g/mol. The van der Waals surface area contributed by atoms with Gasteiger partial charge in [0.25, 0.3) is 0 Å². The molecule has 2 aliphatic heterocycles. The molecule has 2 aromatic heterocycles. The molecule has 0 aliphatic carbocycles. The van der Waals surface area contributed by atoms with Crippen LogP contribution >= 0.6 is 0 Å². The van der Waals surface area contributed by atoms with E-state index in [0.29, 0.717) is 0 Å². The van der Waals surface area contributed by atoms with Crippen LogP contribution in [0.15, 0.2) is 18.5 Å². The summed E-state index contributed by atoms with van der Waals surface area (Å²) in [6.45, 7) is 4.22. The normalized spacial score (nSPS) is 21.8. The van der Waals surface area contributed by atoms with Crippen molar-refractivity contribution >= 4 is 16.7 Å². The Labute approximate surface area is 112 Å². The Hall–Kier alpha value is -1.62. The summed E-state index contributed by atoms with van der Waals surface area (Å²) in [6.07, 6.45) is 6.34. The third-order valence-corrected chi connectivity index (χ3v) is 4.51. The molecule has 0 unspecified atom stereocenters. The van der Waals surface area contributed by atoms with E-state index >= 15 is 0 Å². The summed E-state index contributed by atoms with van der Waals surface area (Å²) in [5, 5.41) is 8.00. The SMILES string of the molecule is c1nc2[nH]ncc2cc1N1CCC(C2COC2)CC1. The lowest BCUT2D eigenvalue weighted by atomic mass is 9.83. The number of fused-ring (bicyclic) bond motifs is 1. The second kappa shape index (κ2) is 4.49. The van der Waals surface area contributed by atoms with E-state index in [4.69, 9.17) is 4.74 Å². The van der Waals surface area contributed by atoms with Crippen LogP contribution in [0.1, 0.15) is 12.8 Å². The highest BCUT2D eigenvalue weighted by molar-refractivity contribution is 5.77. The number of H-pyrrole nitrogens is 1. The summed E-state index contributed by atoms with van der Waals surface area (Å²) in [7, 11) is 0. The Morgan fingerprint density at radius 1 is 1.16 bits per heavy atom. The summed E-state index contributed by atoms with van der Waals surface area (Å²) in [5.41, 5.74) is 2.09. The van der Waals surface area contributed by atoms with Gasteiger partial charge in [-0.1, -0.05) is 0 Å². The molecule has 0 spiro atoms. The van der Waals surface area contributed by atoms with Gasteiger partial charge in [0.2, 0.25) is 0 Å². The molecule has 100 valence electrons. The molecule has 2 aliphatic rings. The molecule has 0 saturated carbocycles. The van der Waals surface area contributed by atoms with E-state index in [-0.39, 0.29) is 0 Å². The molecule has 4 heterocycles. The number of piperidine rings is 1. The van der Waals surface area contributed by atoms with E-state index < -0.39 is 0 Å². The van der Waals surface area contributed by atoms with Crippen molar-refractivity contribution in [2.45, 2.75) is 12.8 Å². The average Bonchev–Trinajstić information content (AvgIpc) is 2.85. The highest BCUT2D eigenvalue weighted by Gasteiger charge is 2.31. The topological polar surface area (TPSA) is 54.0 Å². The molecule has 0 atom stereocenters. The van der Waals surface area contributed by atoms with E-state index in [1.165, 1.54) is 18.5 Å². The van der Waals surface area contributed by atoms with Crippen LogP contribution in [-0.4, -0.2) is 41.5 Å². The number of rotatable bonds is 2. The summed E-state index contributed by atoms with van der Waals surface area (Å²) < 4.78 is 5.30. The van der Waals surface area contributed by atoms with Crippen LogP contribution in [0, 0.1) is 11.8 Å². The maximum absolute atomic E-state index is 5.30. The van der Waals surface area contributed by atoms with E-state index in [1.54, 1.807) is 0 Å². The van der Waals surface area contributed by atoms with Crippen LogP contribution in [0.25, 0.3) is 11.0 Å². The fourth-order valence-corrected chi connectivity index (χ4v) is 3.15. The number of hydrogen-bond donors (Lipinski definition) is 1. The lowest BCUT2D eigenvalue weighted by molar-refractivity contribution is -0.0650. The molecule has 1 N–H and O–H groups in total. The molecular formula is C14H18N4O. The van der Waals surface area contributed by atoms with Gasteiger partial charge in [-0.3, -0.25) is 5.10 Å². The molecule has 19 heavy (non-hydrogen) atoms. The van der Waals surface area contributed by atoms with Gasteiger partial charge in [0.05, 0.1) is 31.3 Å². The highest BCUT2D eigenvalue weighted by atomic mass is 16.5. The largest absolute Gasteiger partial charge is 0.381 e. The second-order valence-electron chi connectivity index (χ2n) is 5.62. The van der Waals surface area contributed by atoms with Crippen molar-refractivity contribution in [3.63, 3.8) is 0 Å². The van der Waals surface area contributed by atoms with Gasteiger partial charge in [-0.15, -0.1) is 0 Å². The van der Waals surface area contributed by atoms with Crippen molar-refractivity contribution in [1.29, 1.82) is 0 Å². The summed E-state index contributed by atoms with van der Waals surface area (Å²) in [5.74, 6) is 1.67. The molecule has 2 aromatic rings. The molecule has 0 aromatic carbocycles. The van der Waals surface area contributed by atoms with Crippen molar-refractivity contribution in [2.24, 2.45) is 11.8 Å². The maximum Gasteiger partial charge on any atom is 0.155 e. The molecule has 4 rings (SSSR count). The number of nitrogens with zero attached hydrogens (tertiary/aromatic N) is 3. The van der Waals surface area contributed by atoms with E-state index in [9.17, 15) is 0 Å². The van der Waals surface area contributed by atoms with Gasteiger partial charge in [0.1, 0.15) is 0 Å². The quantitative estimate of drug-likeness (QED) is 0.892. The first-order chi connectivity index (χ1) is 9.40. The van der Waals surface area contributed by atoms with Crippen molar-refractivity contribution in [2.75, 3.05) is 31.2 Å². The molecule has 0 amide bonds.